The highest BCUT2D eigenvalue weighted by Gasteiger charge is 2.40. The second kappa shape index (κ2) is 13.2. The smallest absolute Gasteiger partial charge is 0.246 e. The van der Waals surface area contributed by atoms with E-state index in [4.69, 9.17) is 5.73 Å². The molecule has 2 aliphatic heterocycles. The molecule has 0 aliphatic carbocycles. The highest BCUT2D eigenvalue weighted by atomic mass is 16.2. The molecule has 2 heterocycles. The van der Waals surface area contributed by atoms with Gasteiger partial charge in [0, 0.05) is 19.4 Å². The molecule has 9 heteroatoms. The number of benzene rings is 2. The molecular weight excluding hydrogens is 482 g/mol. The van der Waals surface area contributed by atoms with Crippen LogP contribution in [0, 0.1) is 0 Å². The molecule has 2 saturated heterocycles. The van der Waals surface area contributed by atoms with Crippen molar-refractivity contribution in [2.75, 3.05) is 13.1 Å². The van der Waals surface area contributed by atoms with Gasteiger partial charge in [-0.25, -0.2) is 0 Å². The fourth-order valence-electron chi connectivity index (χ4n) is 5.19. The van der Waals surface area contributed by atoms with Crippen LogP contribution in [0.25, 0.3) is 0 Å². The van der Waals surface area contributed by atoms with E-state index in [2.05, 4.69) is 16.0 Å². The van der Waals surface area contributed by atoms with Crippen LogP contribution < -0.4 is 21.7 Å². The maximum Gasteiger partial charge on any atom is 0.246 e. The van der Waals surface area contributed by atoms with Crippen LogP contribution in [0.15, 0.2) is 60.7 Å². The van der Waals surface area contributed by atoms with Gasteiger partial charge in [0.25, 0.3) is 0 Å². The Morgan fingerprint density at radius 3 is 1.89 bits per heavy atom. The van der Waals surface area contributed by atoms with Gasteiger partial charge in [0.1, 0.15) is 24.2 Å². The van der Waals surface area contributed by atoms with Crippen LogP contribution in [0.5, 0.6) is 0 Å². The quantitative estimate of drug-likeness (QED) is 0.387. The molecule has 0 saturated carbocycles. The number of nitrogens with two attached hydrogens (primary N) is 1. The molecular formula is C29H37N5O4. The summed E-state index contributed by atoms with van der Waals surface area (Å²) in [6.07, 6.45) is 3.48. The molecule has 5 N–H and O–H groups in total. The normalized spacial score (nSPS) is 24.5. The van der Waals surface area contributed by atoms with Gasteiger partial charge in [-0.3, -0.25) is 19.2 Å². The van der Waals surface area contributed by atoms with Crippen molar-refractivity contribution < 1.29 is 19.2 Å². The predicted molar refractivity (Wildman–Crippen MR) is 144 cm³/mol. The highest BCUT2D eigenvalue weighted by molar-refractivity contribution is 5.98. The van der Waals surface area contributed by atoms with Gasteiger partial charge in [0.05, 0.1) is 0 Å². The summed E-state index contributed by atoms with van der Waals surface area (Å²) < 4.78 is 0. The third kappa shape index (κ3) is 6.98. The molecule has 2 aromatic carbocycles. The van der Waals surface area contributed by atoms with E-state index in [1.807, 2.05) is 60.7 Å². The maximum atomic E-state index is 13.8. The number of nitrogens with one attached hydrogen (secondary N) is 3. The van der Waals surface area contributed by atoms with Crippen molar-refractivity contribution in [1.82, 2.24) is 20.9 Å². The first-order valence-corrected chi connectivity index (χ1v) is 13.5. The zero-order valence-electron chi connectivity index (χ0n) is 21.6. The van der Waals surface area contributed by atoms with Gasteiger partial charge in [-0.2, -0.15) is 0 Å². The summed E-state index contributed by atoms with van der Waals surface area (Å²) in [6, 6.07) is 15.6. The van der Waals surface area contributed by atoms with Crippen molar-refractivity contribution in [3.8, 4) is 0 Å². The lowest BCUT2D eigenvalue weighted by molar-refractivity contribution is -0.143. The Labute approximate surface area is 223 Å². The fraction of sp³-hybridized carbons (Fsp3) is 0.448. The van der Waals surface area contributed by atoms with Crippen molar-refractivity contribution in [3.05, 3.63) is 71.8 Å². The van der Waals surface area contributed by atoms with Gasteiger partial charge in [0.2, 0.25) is 23.6 Å². The number of carbonyl (C=O) groups excluding carboxylic acids is 4. The van der Waals surface area contributed by atoms with E-state index in [9.17, 15) is 19.2 Å². The van der Waals surface area contributed by atoms with E-state index < -0.39 is 36.0 Å². The molecule has 4 unspecified atom stereocenters. The van der Waals surface area contributed by atoms with E-state index in [-0.39, 0.29) is 24.7 Å². The average Bonchev–Trinajstić information content (AvgIpc) is 3.42. The van der Waals surface area contributed by atoms with Gasteiger partial charge >= 0.3 is 0 Å². The summed E-state index contributed by atoms with van der Waals surface area (Å²) in [5.41, 5.74) is 7.40. The zero-order valence-corrected chi connectivity index (χ0v) is 21.6. The molecule has 2 aliphatic rings. The molecule has 2 aromatic rings. The van der Waals surface area contributed by atoms with Gasteiger partial charge in [0.15, 0.2) is 0 Å². The van der Waals surface area contributed by atoms with Crippen molar-refractivity contribution in [3.63, 3.8) is 0 Å². The Balaban J connectivity index is 1.66. The second-order valence-electron chi connectivity index (χ2n) is 10.0. The predicted octanol–water partition coefficient (Wildman–Crippen LogP) is 1.06. The van der Waals surface area contributed by atoms with E-state index in [0.29, 0.717) is 45.2 Å². The van der Waals surface area contributed by atoms with Gasteiger partial charge in [-0.1, -0.05) is 60.7 Å². The summed E-state index contributed by atoms with van der Waals surface area (Å²) in [4.78, 5) is 55.8. The van der Waals surface area contributed by atoms with E-state index in [1.165, 1.54) is 0 Å². The number of fused-ring (bicyclic) bond motifs is 1. The summed E-state index contributed by atoms with van der Waals surface area (Å²) >= 11 is 0. The van der Waals surface area contributed by atoms with Crippen LogP contribution in [0.4, 0.5) is 0 Å². The average molecular weight is 520 g/mol. The minimum atomic E-state index is -0.918. The Morgan fingerprint density at radius 1 is 0.711 bits per heavy atom. The van der Waals surface area contributed by atoms with Crippen molar-refractivity contribution in [2.45, 2.75) is 69.1 Å². The van der Waals surface area contributed by atoms with Gasteiger partial charge in [-0.05, 0) is 49.8 Å². The second-order valence-corrected chi connectivity index (χ2v) is 10.0. The number of amides is 4. The summed E-state index contributed by atoms with van der Waals surface area (Å²) in [6.45, 7) is 0.907. The highest BCUT2D eigenvalue weighted by Crippen LogP contribution is 2.21. The van der Waals surface area contributed by atoms with E-state index in [0.717, 1.165) is 11.1 Å². The molecule has 0 aromatic heterocycles. The third-order valence-electron chi connectivity index (χ3n) is 7.23. The SMILES string of the molecule is NCCCCC1NC(=O)C2CCCN2C(=O)C(Cc2ccccc2)NC(=O)C(Cc2ccccc2)NC1=O. The number of hydrogen-bond donors (Lipinski definition) is 4. The molecule has 0 radical (unpaired) electrons. The first-order chi connectivity index (χ1) is 18.5. The standard InChI is InChI=1S/C29H37N5O4/c30-16-8-7-14-22-26(35)32-23(18-20-10-3-1-4-11-20)27(36)33-24(19-21-12-5-2-6-13-21)29(38)34-17-9-15-25(34)28(37)31-22/h1-6,10-13,22-25H,7-9,14-19,30H2,(H,31,37)(H,32,35)(H,33,36). The number of hydrogen-bond acceptors (Lipinski definition) is 5. The van der Waals surface area contributed by atoms with Crippen molar-refractivity contribution in [1.29, 1.82) is 0 Å². The number of nitrogens with zero attached hydrogens (tertiary/aromatic N) is 1. The first kappa shape index (κ1) is 27.3. The van der Waals surface area contributed by atoms with Crippen LogP contribution in [0.2, 0.25) is 0 Å². The molecule has 4 rings (SSSR count). The molecule has 4 atom stereocenters. The molecule has 38 heavy (non-hydrogen) atoms. The minimum absolute atomic E-state index is 0.250. The monoisotopic (exact) mass is 519 g/mol. The fourth-order valence-corrected chi connectivity index (χ4v) is 5.19. The lowest BCUT2D eigenvalue weighted by atomic mass is 10.00. The third-order valence-corrected chi connectivity index (χ3v) is 7.23. The topological polar surface area (TPSA) is 134 Å². The van der Waals surface area contributed by atoms with E-state index in [1.54, 1.807) is 4.90 Å². The molecule has 4 amide bonds. The Kier molecular flexibility index (Phi) is 9.48. The minimum Gasteiger partial charge on any atom is -0.343 e. The summed E-state index contributed by atoms with van der Waals surface area (Å²) in [7, 11) is 0. The Hall–Kier alpha value is -3.72. The maximum absolute atomic E-state index is 13.8. The molecule has 9 nitrogen and oxygen atoms in total. The zero-order chi connectivity index (χ0) is 26.9. The van der Waals surface area contributed by atoms with E-state index >= 15 is 0 Å². The largest absolute Gasteiger partial charge is 0.343 e. The molecule has 2 fully saturated rings. The van der Waals surface area contributed by atoms with Gasteiger partial charge in [-0.15, -0.1) is 0 Å². The number of unbranched alkanes of at least 4 members (excludes halogenated alkanes) is 1. The lowest BCUT2D eigenvalue weighted by Gasteiger charge is -2.32. The summed E-state index contributed by atoms with van der Waals surface area (Å²) in [5.74, 6) is -1.47. The van der Waals surface area contributed by atoms with Crippen LogP contribution in [-0.4, -0.2) is 65.8 Å². The van der Waals surface area contributed by atoms with Crippen LogP contribution in [0.1, 0.15) is 43.2 Å². The Morgan fingerprint density at radius 2 is 1.26 bits per heavy atom. The van der Waals surface area contributed by atoms with Crippen LogP contribution in [-0.2, 0) is 32.0 Å². The van der Waals surface area contributed by atoms with Crippen molar-refractivity contribution in [2.24, 2.45) is 5.73 Å². The molecule has 0 bridgehead atoms. The van der Waals surface area contributed by atoms with Gasteiger partial charge < -0.3 is 26.6 Å². The van der Waals surface area contributed by atoms with Crippen molar-refractivity contribution >= 4 is 23.6 Å². The first-order valence-electron chi connectivity index (χ1n) is 13.5. The number of carbonyl (C=O) groups is 4. The van der Waals surface area contributed by atoms with Crippen LogP contribution in [0.3, 0.4) is 0 Å². The Bertz CT molecular complexity index is 1110. The molecule has 0 spiro atoms. The number of rotatable bonds is 8. The lowest BCUT2D eigenvalue weighted by Crippen LogP contribution is -2.62. The summed E-state index contributed by atoms with van der Waals surface area (Å²) in [5, 5.41) is 8.68. The molecule has 202 valence electrons. The van der Waals surface area contributed by atoms with Crippen LogP contribution >= 0.6 is 0 Å².